The molecule has 4 rings (SSSR count). The van der Waals surface area contributed by atoms with E-state index in [-0.39, 0.29) is 23.9 Å². The molecule has 2 aromatic carbocycles. The van der Waals surface area contributed by atoms with Crippen molar-refractivity contribution in [1.29, 1.82) is 0 Å². The second kappa shape index (κ2) is 8.65. The number of benzene rings is 2. The van der Waals surface area contributed by atoms with Crippen LogP contribution < -0.4 is 10.2 Å². The zero-order valence-electron chi connectivity index (χ0n) is 18.8. The zero-order chi connectivity index (χ0) is 22.9. The van der Waals surface area contributed by atoms with Gasteiger partial charge in [0.2, 0.25) is 0 Å². The number of fused-ring (bicyclic) bond motifs is 1. The molecule has 1 fully saturated rings. The SMILES string of the molecule is CC(C)(C)OC(=O)N1CCCCC1CNc1ccc(N2C(=O)c3ccccc3C2=O)cc1. The summed E-state index contributed by atoms with van der Waals surface area (Å²) in [5, 5.41) is 3.38. The molecule has 2 aliphatic heterocycles. The Bertz CT molecular complexity index is 991. The van der Waals surface area contributed by atoms with E-state index in [0.717, 1.165) is 24.9 Å². The molecule has 1 saturated heterocycles. The number of carbonyl (C=O) groups is 3. The molecular formula is C25H29N3O4. The first kappa shape index (κ1) is 21.9. The van der Waals surface area contributed by atoms with Crippen LogP contribution in [-0.4, -0.2) is 47.5 Å². The predicted molar refractivity (Wildman–Crippen MR) is 123 cm³/mol. The Kier molecular flexibility index (Phi) is 5.91. The van der Waals surface area contributed by atoms with Crippen LogP contribution in [0.25, 0.3) is 0 Å². The molecule has 168 valence electrons. The van der Waals surface area contributed by atoms with Gasteiger partial charge in [-0.2, -0.15) is 0 Å². The van der Waals surface area contributed by atoms with E-state index in [1.807, 2.05) is 37.8 Å². The first-order chi connectivity index (χ1) is 15.2. The van der Waals surface area contributed by atoms with Gasteiger partial charge in [0, 0.05) is 18.8 Å². The fraction of sp³-hybridized carbons (Fsp3) is 0.400. The van der Waals surface area contributed by atoms with Crippen LogP contribution in [0.4, 0.5) is 16.2 Å². The molecule has 1 N–H and O–H groups in total. The molecule has 0 saturated carbocycles. The van der Waals surface area contributed by atoms with Crippen molar-refractivity contribution < 1.29 is 19.1 Å². The van der Waals surface area contributed by atoms with Crippen LogP contribution in [0.1, 0.15) is 60.7 Å². The molecule has 1 unspecified atom stereocenters. The molecule has 0 aromatic heterocycles. The van der Waals surface area contributed by atoms with Gasteiger partial charge in [-0.15, -0.1) is 0 Å². The summed E-state index contributed by atoms with van der Waals surface area (Å²) in [6.07, 6.45) is 2.69. The Morgan fingerprint density at radius 2 is 1.62 bits per heavy atom. The smallest absolute Gasteiger partial charge is 0.410 e. The van der Waals surface area contributed by atoms with E-state index in [9.17, 15) is 14.4 Å². The van der Waals surface area contributed by atoms with E-state index in [1.165, 1.54) is 4.90 Å². The van der Waals surface area contributed by atoms with E-state index < -0.39 is 5.60 Å². The standard InChI is InChI=1S/C25H29N3O4/c1-25(2,3)32-24(31)27-15-7-6-8-19(27)16-26-17-11-13-18(14-12-17)28-22(29)20-9-4-5-10-21(20)23(28)30/h4-5,9-14,19,26H,6-8,15-16H2,1-3H3. The lowest BCUT2D eigenvalue weighted by Crippen LogP contribution is -2.48. The predicted octanol–water partition coefficient (Wildman–Crippen LogP) is 4.69. The van der Waals surface area contributed by atoms with Gasteiger partial charge in [0.05, 0.1) is 22.9 Å². The van der Waals surface area contributed by atoms with Gasteiger partial charge in [0.1, 0.15) is 5.60 Å². The molecule has 7 heteroatoms. The topological polar surface area (TPSA) is 79.0 Å². The number of rotatable bonds is 4. The number of ether oxygens (including phenoxy) is 1. The molecule has 32 heavy (non-hydrogen) atoms. The van der Waals surface area contributed by atoms with Gasteiger partial charge in [-0.3, -0.25) is 9.59 Å². The number of imide groups is 1. The summed E-state index contributed by atoms with van der Waals surface area (Å²) in [7, 11) is 0. The van der Waals surface area contributed by atoms with E-state index in [1.54, 1.807) is 36.4 Å². The summed E-state index contributed by atoms with van der Waals surface area (Å²) < 4.78 is 5.57. The fourth-order valence-electron chi connectivity index (χ4n) is 4.16. The van der Waals surface area contributed by atoms with Crippen LogP contribution in [0.2, 0.25) is 0 Å². The number of nitrogens with one attached hydrogen (secondary N) is 1. The Morgan fingerprint density at radius 3 is 2.22 bits per heavy atom. The third-order valence-electron chi connectivity index (χ3n) is 5.72. The van der Waals surface area contributed by atoms with Crippen molar-refractivity contribution in [2.75, 3.05) is 23.3 Å². The Morgan fingerprint density at radius 1 is 1.00 bits per heavy atom. The minimum atomic E-state index is -0.521. The number of anilines is 2. The summed E-state index contributed by atoms with van der Waals surface area (Å²) in [6.45, 7) is 6.92. The van der Waals surface area contributed by atoms with E-state index in [0.29, 0.717) is 29.9 Å². The lowest BCUT2D eigenvalue weighted by atomic mass is 10.0. The van der Waals surface area contributed by atoms with Gasteiger partial charge in [-0.05, 0) is 76.4 Å². The van der Waals surface area contributed by atoms with E-state index >= 15 is 0 Å². The maximum Gasteiger partial charge on any atom is 0.410 e. The number of hydrogen-bond acceptors (Lipinski definition) is 5. The van der Waals surface area contributed by atoms with Gasteiger partial charge in [0.25, 0.3) is 11.8 Å². The molecule has 1 atom stereocenters. The highest BCUT2D eigenvalue weighted by atomic mass is 16.6. The van der Waals surface area contributed by atoms with Crippen molar-refractivity contribution in [3.63, 3.8) is 0 Å². The Hall–Kier alpha value is -3.35. The third-order valence-corrected chi connectivity index (χ3v) is 5.72. The van der Waals surface area contributed by atoms with Gasteiger partial charge >= 0.3 is 6.09 Å². The number of likely N-dealkylation sites (tertiary alicyclic amines) is 1. The number of amides is 3. The maximum absolute atomic E-state index is 12.7. The summed E-state index contributed by atoms with van der Waals surface area (Å²) in [6, 6.07) is 14.1. The third kappa shape index (κ3) is 4.47. The monoisotopic (exact) mass is 435 g/mol. The highest BCUT2D eigenvalue weighted by Gasteiger charge is 2.36. The van der Waals surface area contributed by atoms with Crippen LogP contribution in [0, 0.1) is 0 Å². The van der Waals surface area contributed by atoms with Crippen LogP contribution >= 0.6 is 0 Å². The second-order valence-electron chi connectivity index (χ2n) is 9.24. The van der Waals surface area contributed by atoms with Crippen LogP contribution in [0.3, 0.4) is 0 Å². The second-order valence-corrected chi connectivity index (χ2v) is 9.24. The summed E-state index contributed by atoms with van der Waals surface area (Å²) in [5.74, 6) is -0.608. The van der Waals surface area contributed by atoms with Gasteiger partial charge in [0.15, 0.2) is 0 Å². The quantitative estimate of drug-likeness (QED) is 0.705. The lowest BCUT2D eigenvalue weighted by Gasteiger charge is -2.37. The first-order valence-corrected chi connectivity index (χ1v) is 11.1. The van der Waals surface area contributed by atoms with Crippen molar-refractivity contribution in [1.82, 2.24) is 4.90 Å². The lowest BCUT2D eigenvalue weighted by molar-refractivity contribution is 0.0114. The van der Waals surface area contributed by atoms with Crippen molar-refractivity contribution in [3.8, 4) is 0 Å². The molecule has 0 spiro atoms. The van der Waals surface area contributed by atoms with Crippen molar-refractivity contribution in [2.24, 2.45) is 0 Å². The van der Waals surface area contributed by atoms with Gasteiger partial charge in [-0.1, -0.05) is 12.1 Å². The van der Waals surface area contributed by atoms with Crippen LogP contribution in [0.15, 0.2) is 48.5 Å². The van der Waals surface area contributed by atoms with E-state index in [4.69, 9.17) is 4.74 Å². The summed E-state index contributed by atoms with van der Waals surface area (Å²) in [5.41, 5.74) is 1.74. The molecule has 2 aliphatic rings. The molecule has 0 bridgehead atoms. The largest absolute Gasteiger partial charge is 0.444 e. The molecule has 2 aromatic rings. The average Bonchev–Trinajstić information content (AvgIpc) is 3.02. The molecule has 2 heterocycles. The van der Waals surface area contributed by atoms with Gasteiger partial charge in [-0.25, -0.2) is 9.69 Å². The average molecular weight is 436 g/mol. The minimum absolute atomic E-state index is 0.0505. The maximum atomic E-state index is 12.7. The summed E-state index contributed by atoms with van der Waals surface area (Å²) in [4.78, 5) is 40.9. The number of hydrogen-bond donors (Lipinski definition) is 1. The van der Waals surface area contributed by atoms with Crippen molar-refractivity contribution >= 4 is 29.3 Å². The molecule has 0 radical (unpaired) electrons. The minimum Gasteiger partial charge on any atom is -0.444 e. The highest BCUT2D eigenvalue weighted by Crippen LogP contribution is 2.29. The normalized spacial score (nSPS) is 18.5. The Balaban J connectivity index is 1.40. The molecule has 3 amide bonds. The van der Waals surface area contributed by atoms with Crippen molar-refractivity contribution in [3.05, 3.63) is 59.7 Å². The van der Waals surface area contributed by atoms with Gasteiger partial charge < -0.3 is 15.0 Å². The summed E-state index contributed by atoms with van der Waals surface area (Å²) >= 11 is 0. The fourth-order valence-corrected chi connectivity index (χ4v) is 4.16. The molecule has 0 aliphatic carbocycles. The van der Waals surface area contributed by atoms with Crippen LogP contribution in [0.5, 0.6) is 0 Å². The highest BCUT2D eigenvalue weighted by molar-refractivity contribution is 6.34. The molecule has 7 nitrogen and oxygen atoms in total. The van der Waals surface area contributed by atoms with Crippen LogP contribution in [-0.2, 0) is 4.74 Å². The molecular weight excluding hydrogens is 406 g/mol. The number of nitrogens with zero attached hydrogens (tertiary/aromatic N) is 2. The van der Waals surface area contributed by atoms with E-state index in [2.05, 4.69) is 5.32 Å². The zero-order valence-corrected chi connectivity index (χ0v) is 18.8. The van der Waals surface area contributed by atoms with Crippen molar-refractivity contribution in [2.45, 2.75) is 51.7 Å². The Labute approximate surface area is 188 Å². The number of carbonyl (C=O) groups excluding carboxylic acids is 3. The first-order valence-electron chi connectivity index (χ1n) is 11.1. The number of piperidine rings is 1.